The molecular weight excluding hydrogens is 403 g/mol. The molecule has 0 aliphatic heterocycles. The SMILES string of the molecule is CCCCNC(=O)c1ccc(CN=C(N)N(CC)CC)cc1.I. The molecule has 0 radical (unpaired) electrons. The van der Waals surface area contributed by atoms with E-state index in [1.165, 1.54) is 0 Å². The summed E-state index contributed by atoms with van der Waals surface area (Å²) >= 11 is 0. The average Bonchev–Trinajstić information content (AvgIpc) is 2.54. The summed E-state index contributed by atoms with van der Waals surface area (Å²) in [6.45, 7) is 9.16. The van der Waals surface area contributed by atoms with E-state index in [0.29, 0.717) is 18.1 Å². The number of hydrogen-bond donors (Lipinski definition) is 2. The number of nitrogens with zero attached hydrogens (tertiary/aromatic N) is 2. The normalized spacial score (nSPS) is 10.8. The molecule has 1 aromatic carbocycles. The fourth-order valence-electron chi connectivity index (χ4n) is 2.06. The number of guanidine groups is 1. The smallest absolute Gasteiger partial charge is 0.251 e. The zero-order valence-corrected chi connectivity index (χ0v) is 16.7. The van der Waals surface area contributed by atoms with E-state index in [1.54, 1.807) is 0 Å². The molecule has 1 rings (SSSR count). The zero-order valence-electron chi connectivity index (χ0n) is 14.3. The van der Waals surface area contributed by atoms with Gasteiger partial charge in [-0.1, -0.05) is 25.5 Å². The predicted molar refractivity (Wildman–Crippen MR) is 107 cm³/mol. The Balaban J connectivity index is 0.00000484. The maximum Gasteiger partial charge on any atom is 0.251 e. The van der Waals surface area contributed by atoms with Gasteiger partial charge in [-0.05, 0) is 38.0 Å². The molecule has 0 heterocycles. The van der Waals surface area contributed by atoms with Gasteiger partial charge >= 0.3 is 0 Å². The molecule has 6 heteroatoms. The maximum atomic E-state index is 11.9. The number of aliphatic imine (C=N–C) groups is 1. The van der Waals surface area contributed by atoms with Crippen LogP contribution in [0.15, 0.2) is 29.3 Å². The summed E-state index contributed by atoms with van der Waals surface area (Å²) in [4.78, 5) is 18.3. The van der Waals surface area contributed by atoms with Gasteiger partial charge in [-0.2, -0.15) is 0 Å². The summed E-state index contributed by atoms with van der Waals surface area (Å²) in [6, 6.07) is 7.51. The standard InChI is InChI=1S/C17H28N4O.HI/c1-4-7-12-19-16(22)15-10-8-14(9-11-15)13-20-17(18)21(5-2)6-3;/h8-11H,4-7,12-13H2,1-3H3,(H2,18,20)(H,19,22);1H. The highest BCUT2D eigenvalue weighted by atomic mass is 127. The van der Waals surface area contributed by atoms with Crippen LogP contribution in [0.25, 0.3) is 0 Å². The van der Waals surface area contributed by atoms with Crippen LogP contribution in [0.1, 0.15) is 49.5 Å². The number of amides is 1. The van der Waals surface area contributed by atoms with Gasteiger partial charge in [0.05, 0.1) is 6.54 Å². The molecule has 0 spiro atoms. The van der Waals surface area contributed by atoms with Gasteiger partial charge in [-0.3, -0.25) is 4.79 Å². The van der Waals surface area contributed by atoms with Gasteiger partial charge in [0.15, 0.2) is 5.96 Å². The van der Waals surface area contributed by atoms with Crippen LogP contribution >= 0.6 is 24.0 Å². The second-order valence-corrected chi connectivity index (χ2v) is 5.15. The number of nitrogens with one attached hydrogen (secondary N) is 1. The highest BCUT2D eigenvalue weighted by Gasteiger charge is 2.05. The van der Waals surface area contributed by atoms with Crippen LogP contribution in [0, 0.1) is 0 Å². The number of carbonyl (C=O) groups is 1. The van der Waals surface area contributed by atoms with E-state index in [1.807, 2.05) is 29.2 Å². The van der Waals surface area contributed by atoms with Crippen molar-refractivity contribution < 1.29 is 4.79 Å². The Morgan fingerprint density at radius 1 is 1.17 bits per heavy atom. The van der Waals surface area contributed by atoms with Gasteiger partial charge < -0.3 is 16.0 Å². The molecule has 1 aromatic rings. The van der Waals surface area contributed by atoms with E-state index in [2.05, 4.69) is 31.1 Å². The summed E-state index contributed by atoms with van der Waals surface area (Å²) in [5, 5.41) is 2.91. The van der Waals surface area contributed by atoms with Gasteiger partial charge in [0.25, 0.3) is 5.91 Å². The molecule has 0 saturated heterocycles. The third kappa shape index (κ3) is 7.67. The molecule has 0 fully saturated rings. The lowest BCUT2D eigenvalue weighted by Crippen LogP contribution is -2.37. The maximum absolute atomic E-state index is 11.9. The number of rotatable bonds is 8. The highest BCUT2D eigenvalue weighted by Crippen LogP contribution is 2.06. The van der Waals surface area contributed by atoms with E-state index in [4.69, 9.17) is 5.73 Å². The van der Waals surface area contributed by atoms with Crippen LogP contribution in [-0.2, 0) is 6.54 Å². The fraction of sp³-hybridized carbons (Fsp3) is 0.529. The molecule has 0 aromatic heterocycles. The number of hydrogen-bond acceptors (Lipinski definition) is 2. The monoisotopic (exact) mass is 432 g/mol. The van der Waals surface area contributed by atoms with Crippen LogP contribution in [-0.4, -0.2) is 36.4 Å². The summed E-state index contributed by atoms with van der Waals surface area (Å²) < 4.78 is 0. The van der Waals surface area contributed by atoms with Crippen molar-refractivity contribution in [1.29, 1.82) is 0 Å². The minimum atomic E-state index is -0.0221. The van der Waals surface area contributed by atoms with E-state index in [0.717, 1.165) is 38.0 Å². The molecule has 3 N–H and O–H groups in total. The molecule has 0 atom stereocenters. The lowest BCUT2D eigenvalue weighted by molar-refractivity contribution is 0.0953. The summed E-state index contributed by atoms with van der Waals surface area (Å²) in [7, 11) is 0. The highest BCUT2D eigenvalue weighted by molar-refractivity contribution is 14.0. The molecule has 5 nitrogen and oxygen atoms in total. The quantitative estimate of drug-likeness (QED) is 0.287. The van der Waals surface area contributed by atoms with Gasteiger partial charge in [0.2, 0.25) is 0 Å². The molecular formula is C17H29IN4O. The van der Waals surface area contributed by atoms with E-state index in [9.17, 15) is 4.79 Å². The van der Waals surface area contributed by atoms with Gasteiger partial charge in [-0.25, -0.2) is 4.99 Å². The van der Waals surface area contributed by atoms with Crippen molar-refractivity contribution in [2.45, 2.75) is 40.2 Å². The molecule has 0 aliphatic rings. The van der Waals surface area contributed by atoms with E-state index < -0.39 is 0 Å². The van der Waals surface area contributed by atoms with Crippen molar-refractivity contribution in [1.82, 2.24) is 10.2 Å². The second kappa shape index (κ2) is 12.2. The Morgan fingerprint density at radius 2 is 1.78 bits per heavy atom. The second-order valence-electron chi connectivity index (χ2n) is 5.15. The number of unbranched alkanes of at least 4 members (excludes halogenated alkanes) is 1. The Hall–Kier alpha value is -1.31. The van der Waals surface area contributed by atoms with Gasteiger partial charge in [0.1, 0.15) is 0 Å². The van der Waals surface area contributed by atoms with Crippen LogP contribution in [0.5, 0.6) is 0 Å². The third-order valence-corrected chi connectivity index (χ3v) is 3.54. The van der Waals surface area contributed by atoms with Crippen LogP contribution in [0.3, 0.4) is 0 Å². The van der Waals surface area contributed by atoms with Gasteiger partial charge in [0, 0.05) is 25.2 Å². The van der Waals surface area contributed by atoms with Crippen molar-refractivity contribution in [3.05, 3.63) is 35.4 Å². The van der Waals surface area contributed by atoms with Crippen molar-refractivity contribution in [3.63, 3.8) is 0 Å². The Morgan fingerprint density at radius 3 is 2.30 bits per heavy atom. The van der Waals surface area contributed by atoms with Crippen LogP contribution in [0.2, 0.25) is 0 Å². The van der Waals surface area contributed by atoms with Crippen LogP contribution < -0.4 is 11.1 Å². The van der Waals surface area contributed by atoms with E-state index >= 15 is 0 Å². The van der Waals surface area contributed by atoms with E-state index in [-0.39, 0.29) is 29.9 Å². The Bertz CT molecular complexity index is 484. The van der Waals surface area contributed by atoms with Crippen molar-refractivity contribution in [3.8, 4) is 0 Å². The lowest BCUT2D eigenvalue weighted by atomic mass is 10.1. The third-order valence-electron chi connectivity index (χ3n) is 3.54. The minimum absolute atomic E-state index is 0. The lowest BCUT2D eigenvalue weighted by Gasteiger charge is -2.19. The van der Waals surface area contributed by atoms with Gasteiger partial charge in [-0.15, -0.1) is 24.0 Å². The number of halogens is 1. The predicted octanol–water partition coefficient (Wildman–Crippen LogP) is 2.99. The molecule has 23 heavy (non-hydrogen) atoms. The number of nitrogens with two attached hydrogens (primary N) is 1. The summed E-state index contributed by atoms with van der Waals surface area (Å²) in [6.07, 6.45) is 2.08. The largest absolute Gasteiger partial charge is 0.370 e. The van der Waals surface area contributed by atoms with Crippen molar-refractivity contribution in [2.75, 3.05) is 19.6 Å². The number of carbonyl (C=O) groups excluding carboxylic acids is 1. The molecule has 0 bridgehead atoms. The first-order valence-electron chi connectivity index (χ1n) is 8.04. The molecule has 1 amide bonds. The minimum Gasteiger partial charge on any atom is -0.370 e. The first-order valence-corrected chi connectivity index (χ1v) is 8.04. The summed E-state index contributed by atoms with van der Waals surface area (Å²) in [5.41, 5.74) is 7.67. The first kappa shape index (κ1) is 21.7. The Labute approximate surface area is 156 Å². The zero-order chi connectivity index (χ0) is 16.4. The molecule has 0 saturated carbocycles. The van der Waals surface area contributed by atoms with Crippen molar-refractivity contribution in [2.24, 2.45) is 10.7 Å². The topological polar surface area (TPSA) is 70.7 Å². The summed E-state index contributed by atoms with van der Waals surface area (Å²) in [5.74, 6) is 0.539. The molecule has 130 valence electrons. The fourth-order valence-corrected chi connectivity index (χ4v) is 2.06. The van der Waals surface area contributed by atoms with Crippen LogP contribution in [0.4, 0.5) is 0 Å². The molecule has 0 unspecified atom stereocenters. The Kier molecular flexibility index (Phi) is 11.5. The first-order chi connectivity index (χ1) is 10.6. The average molecular weight is 432 g/mol. The number of benzene rings is 1. The molecule has 0 aliphatic carbocycles. The van der Waals surface area contributed by atoms with Crippen molar-refractivity contribution >= 4 is 35.8 Å².